The number of hydrogen-bond acceptors (Lipinski definition) is 4. The zero-order valence-corrected chi connectivity index (χ0v) is 17.5. The molecule has 7 heteroatoms. The fourth-order valence-electron chi connectivity index (χ4n) is 2.57. The summed E-state index contributed by atoms with van der Waals surface area (Å²) in [5.74, 6) is 0.198. The van der Waals surface area contributed by atoms with Crippen molar-refractivity contribution < 1.29 is 9.32 Å². The number of rotatable bonds is 3. The molecule has 2 aromatic heterocycles. The van der Waals surface area contributed by atoms with Crippen molar-refractivity contribution in [3.8, 4) is 11.3 Å². The summed E-state index contributed by atoms with van der Waals surface area (Å²) in [6.45, 7) is 1.73. The monoisotopic (exact) mass is 444 g/mol. The third-order valence-electron chi connectivity index (χ3n) is 3.92. The van der Waals surface area contributed by atoms with Crippen LogP contribution in [0.3, 0.4) is 0 Å². The van der Waals surface area contributed by atoms with Gasteiger partial charge in [-0.2, -0.15) is 0 Å². The highest BCUT2D eigenvalue weighted by Crippen LogP contribution is 2.33. The Morgan fingerprint density at radius 3 is 2.24 bits per heavy atom. The van der Waals surface area contributed by atoms with E-state index >= 15 is 0 Å². The molecule has 0 fully saturated rings. The maximum atomic E-state index is 12.7. The van der Waals surface area contributed by atoms with Crippen LogP contribution < -0.4 is 0 Å². The minimum atomic E-state index is -0.184. The predicted octanol–water partition coefficient (Wildman–Crippen LogP) is 6.92. The van der Waals surface area contributed by atoms with Gasteiger partial charge in [-0.05, 0) is 49.4 Å². The first-order valence-corrected chi connectivity index (χ1v) is 9.67. The molecule has 2 aromatic carbocycles. The molecule has 0 aliphatic rings. The summed E-state index contributed by atoms with van der Waals surface area (Å²) in [6.07, 6.45) is 3.14. The van der Waals surface area contributed by atoms with Gasteiger partial charge in [0.05, 0.1) is 16.3 Å². The first kappa shape index (κ1) is 21.1. The van der Waals surface area contributed by atoms with Crippen LogP contribution in [-0.4, -0.2) is 15.9 Å². The lowest BCUT2D eigenvalue weighted by atomic mass is 9.99. The van der Waals surface area contributed by atoms with Crippen molar-refractivity contribution in [3.63, 3.8) is 0 Å². The lowest BCUT2D eigenvalue weighted by Crippen LogP contribution is -2.04. The van der Waals surface area contributed by atoms with E-state index in [0.717, 1.165) is 0 Å². The van der Waals surface area contributed by atoms with Crippen LogP contribution in [0.5, 0.6) is 0 Å². The van der Waals surface area contributed by atoms with Crippen molar-refractivity contribution in [2.24, 2.45) is 0 Å². The number of aromatic nitrogens is 2. The highest BCUT2D eigenvalue weighted by Gasteiger charge is 2.24. The molecule has 0 saturated carbocycles. The number of hydrogen-bond donors (Lipinski definition) is 0. The lowest BCUT2D eigenvalue weighted by Gasteiger charge is -2.03. The van der Waals surface area contributed by atoms with Crippen molar-refractivity contribution in [2.75, 3.05) is 0 Å². The molecule has 2 heterocycles. The molecule has 0 N–H and O–H groups in total. The van der Waals surface area contributed by atoms with E-state index in [-0.39, 0.29) is 5.78 Å². The fraction of sp³-hybridized carbons (Fsp3) is 0.0455. The number of aryl methyl sites for hydroxylation is 1. The van der Waals surface area contributed by atoms with E-state index < -0.39 is 0 Å². The third-order valence-corrected chi connectivity index (χ3v) is 4.72. The number of carbonyl (C=O) groups is 1. The topological polar surface area (TPSA) is 56.0 Å². The molecule has 0 saturated heterocycles. The first-order valence-electron chi connectivity index (χ1n) is 8.54. The van der Waals surface area contributed by atoms with Gasteiger partial charge in [-0.3, -0.25) is 9.78 Å². The summed E-state index contributed by atoms with van der Waals surface area (Å²) >= 11 is 17.3. The molecule has 29 heavy (non-hydrogen) atoms. The van der Waals surface area contributed by atoms with E-state index in [1.165, 1.54) is 6.20 Å². The van der Waals surface area contributed by atoms with Crippen LogP contribution in [0.25, 0.3) is 11.3 Å². The van der Waals surface area contributed by atoms with Gasteiger partial charge < -0.3 is 4.52 Å². The van der Waals surface area contributed by atoms with Crippen molar-refractivity contribution in [1.29, 1.82) is 0 Å². The van der Waals surface area contributed by atoms with Crippen molar-refractivity contribution >= 4 is 40.6 Å². The van der Waals surface area contributed by atoms with E-state index in [1.807, 2.05) is 18.2 Å². The van der Waals surface area contributed by atoms with Crippen molar-refractivity contribution in [2.45, 2.75) is 6.92 Å². The summed E-state index contributed by atoms with van der Waals surface area (Å²) < 4.78 is 5.33. The Bertz CT molecular complexity index is 1110. The van der Waals surface area contributed by atoms with Crippen LogP contribution in [0, 0.1) is 6.92 Å². The second-order valence-electron chi connectivity index (χ2n) is 5.96. The number of nitrogens with zero attached hydrogens (tertiary/aromatic N) is 2. The van der Waals surface area contributed by atoms with Gasteiger partial charge in [0.25, 0.3) is 0 Å². The van der Waals surface area contributed by atoms with Crippen LogP contribution in [0.15, 0.2) is 77.6 Å². The molecule has 0 bridgehead atoms. The Labute approximate surface area is 183 Å². The Morgan fingerprint density at radius 2 is 1.66 bits per heavy atom. The van der Waals surface area contributed by atoms with Crippen LogP contribution in [0.4, 0.5) is 0 Å². The number of carbonyl (C=O) groups excluding carboxylic acids is 1. The van der Waals surface area contributed by atoms with Crippen molar-refractivity contribution in [3.05, 3.63) is 105 Å². The van der Waals surface area contributed by atoms with E-state index in [4.69, 9.17) is 39.3 Å². The molecule has 4 aromatic rings. The van der Waals surface area contributed by atoms with Gasteiger partial charge in [0.15, 0.2) is 11.5 Å². The van der Waals surface area contributed by atoms with E-state index in [0.29, 0.717) is 43.2 Å². The van der Waals surface area contributed by atoms with Gasteiger partial charge in [-0.1, -0.05) is 58.2 Å². The Hall–Kier alpha value is -2.66. The van der Waals surface area contributed by atoms with Gasteiger partial charge in [0, 0.05) is 33.6 Å². The highest BCUT2D eigenvalue weighted by molar-refractivity contribution is 6.34. The molecule has 0 aliphatic carbocycles. The molecule has 0 amide bonds. The lowest BCUT2D eigenvalue weighted by molar-refractivity contribution is 0.103. The zero-order chi connectivity index (χ0) is 20.8. The normalized spacial score (nSPS) is 10.2. The first-order chi connectivity index (χ1) is 14.0. The fourth-order valence-corrected chi connectivity index (χ4v) is 3.23. The van der Waals surface area contributed by atoms with Crippen LogP contribution in [0.2, 0.25) is 15.1 Å². The summed E-state index contributed by atoms with van der Waals surface area (Å²) in [5, 5.41) is 5.77. The maximum Gasteiger partial charge on any atom is 0.200 e. The minimum absolute atomic E-state index is 0.184. The Morgan fingerprint density at radius 1 is 0.931 bits per heavy atom. The van der Waals surface area contributed by atoms with Crippen molar-refractivity contribution in [1.82, 2.24) is 10.1 Å². The van der Waals surface area contributed by atoms with Gasteiger partial charge in [0.2, 0.25) is 0 Å². The van der Waals surface area contributed by atoms with E-state index in [9.17, 15) is 4.79 Å². The molecule has 0 aliphatic heterocycles. The Kier molecular flexibility index (Phi) is 7.04. The van der Waals surface area contributed by atoms with Gasteiger partial charge in [-0.25, -0.2) is 0 Å². The summed E-state index contributed by atoms with van der Waals surface area (Å²) in [6, 6.07) is 17.7. The molecule has 0 unspecified atom stereocenters. The van der Waals surface area contributed by atoms with Gasteiger partial charge >= 0.3 is 0 Å². The molecular weight excluding hydrogens is 431 g/mol. The predicted molar refractivity (Wildman–Crippen MR) is 116 cm³/mol. The molecular formula is C22H15Cl3N2O2. The zero-order valence-electron chi connectivity index (χ0n) is 15.3. The Balaban J connectivity index is 0.000000252. The number of benzene rings is 2. The number of ketones is 1. The van der Waals surface area contributed by atoms with E-state index in [2.05, 4.69) is 10.1 Å². The summed E-state index contributed by atoms with van der Waals surface area (Å²) in [7, 11) is 0. The second kappa shape index (κ2) is 9.70. The highest BCUT2D eigenvalue weighted by atomic mass is 35.5. The maximum absolute atomic E-state index is 12.7. The summed E-state index contributed by atoms with van der Waals surface area (Å²) in [4.78, 5) is 16.6. The molecule has 0 atom stereocenters. The second-order valence-corrected chi connectivity index (χ2v) is 7.24. The SMILES string of the molecule is Cc1noc(-c2ccccc2Cl)c1C(=O)c1cccnc1.Clc1cccc(Cl)c1. The smallest absolute Gasteiger partial charge is 0.200 e. The average Bonchev–Trinajstić information content (AvgIpc) is 3.10. The van der Waals surface area contributed by atoms with Gasteiger partial charge in [0.1, 0.15) is 0 Å². The van der Waals surface area contributed by atoms with E-state index in [1.54, 1.807) is 55.6 Å². The molecule has 0 spiro atoms. The summed E-state index contributed by atoms with van der Waals surface area (Å²) in [5.41, 5.74) is 2.07. The van der Waals surface area contributed by atoms with Crippen LogP contribution >= 0.6 is 34.8 Å². The largest absolute Gasteiger partial charge is 0.355 e. The van der Waals surface area contributed by atoms with Gasteiger partial charge in [-0.15, -0.1) is 0 Å². The third kappa shape index (κ3) is 5.24. The number of pyridine rings is 1. The molecule has 146 valence electrons. The van der Waals surface area contributed by atoms with Crippen LogP contribution in [0.1, 0.15) is 21.6 Å². The van der Waals surface area contributed by atoms with Crippen LogP contribution in [-0.2, 0) is 0 Å². The molecule has 4 nitrogen and oxygen atoms in total. The average molecular weight is 446 g/mol. The number of halogens is 3. The molecule has 4 rings (SSSR count). The quantitative estimate of drug-likeness (QED) is 0.321. The molecule has 0 radical (unpaired) electrons. The standard InChI is InChI=1S/C16H11ClN2O2.C6H4Cl2/c1-10-14(15(20)11-5-4-8-18-9-11)16(21-19-10)12-6-2-3-7-13(12)17;7-5-2-1-3-6(8)4-5/h2-9H,1H3;1-4H. The minimum Gasteiger partial charge on any atom is -0.355 e.